The van der Waals surface area contributed by atoms with Gasteiger partial charge in [-0.1, -0.05) is 19.1 Å². The molecule has 0 bridgehead atoms. The van der Waals surface area contributed by atoms with Gasteiger partial charge in [-0.2, -0.15) is 5.10 Å². The van der Waals surface area contributed by atoms with Gasteiger partial charge in [0.15, 0.2) is 11.8 Å². The summed E-state index contributed by atoms with van der Waals surface area (Å²) in [4.78, 5) is 9.44. The lowest BCUT2D eigenvalue weighted by Crippen LogP contribution is -2.47. The van der Waals surface area contributed by atoms with E-state index in [1.165, 1.54) is 6.07 Å². The van der Waals surface area contributed by atoms with E-state index in [1.807, 2.05) is 10.7 Å². The fourth-order valence-electron chi connectivity index (χ4n) is 3.88. The Hall–Kier alpha value is -1.71. The largest absolute Gasteiger partial charge is 0.357 e. The molecule has 2 aromatic rings. The van der Waals surface area contributed by atoms with Gasteiger partial charge in [-0.15, -0.1) is 24.0 Å². The van der Waals surface area contributed by atoms with Gasteiger partial charge in [0.25, 0.3) is 0 Å². The van der Waals surface area contributed by atoms with E-state index in [0.717, 1.165) is 68.4 Å². The van der Waals surface area contributed by atoms with Crippen LogP contribution in [0.25, 0.3) is 0 Å². The number of nitrogens with zero attached hydrogens (tertiary/aromatic N) is 4. The van der Waals surface area contributed by atoms with Gasteiger partial charge < -0.3 is 10.6 Å². The number of guanidine groups is 1. The zero-order valence-corrected chi connectivity index (χ0v) is 19.4. The van der Waals surface area contributed by atoms with Crippen molar-refractivity contribution >= 4 is 29.9 Å². The van der Waals surface area contributed by atoms with Gasteiger partial charge in [-0.25, -0.2) is 14.1 Å². The molecule has 1 atom stereocenters. The van der Waals surface area contributed by atoms with E-state index < -0.39 is 0 Å². The van der Waals surface area contributed by atoms with E-state index in [9.17, 15) is 4.39 Å². The predicted octanol–water partition coefficient (Wildman–Crippen LogP) is 3.20. The molecular weight excluding hydrogens is 482 g/mol. The molecule has 1 aliphatic carbocycles. The standard InChI is InChI=1S/C21H29FN6.HI/c1-3-18-26-19-9-8-17(13-28(19)27-18)25-20(23-4-2)24-14-21(10-11-21)15-6-5-7-16(22)12-15;/h5-7,12,17H,3-4,8-11,13-14H2,1-2H3,(H2,23,24,25);1H. The maximum Gasteiger partial charge on any atom is 0.191 e. The Balaban J connectivity index is 0.00000240. The molecule has 1 aromatic carbocycles. The maximum atomic E-state index is 13.6. The first-order valence-electron chi connectivity index (χ1n) is 10.4. The quantitative estimate of drug-likeness (QED) is 0.355. The summed E-state index contributed by atoms with van der Waals surface area (Å²) in [6.45, 7) is 6.44. The number of rotatable bonds is 6. The van der Waals surface area contributed by atoms with Crippen molar-refractivity contribution in [3.8, 4) is 0 Å². The molecule has 1 aromatic heterocycles. The Morgan fingerprint density at radius 1 is 1.34 bits per heavy atom. The predicted molar refractivity (Wildman–Crippen MR) is 123 cm³/mol. The third-order valence-electron chi connectivity index (χ3n) is 5.73. The summed E-state index contributed by atoms with van der Waals surface area (Å²) in [6.07, 6.45) is 4.93. The van der Waals surface area contributed by atoms with E-state index in [2.05, 4.69) is 34.6 Å². The summed E-state index contributed by atoms with van der Waals surface area (Å²) in [5.74, 6) is 2.66. The fourth-order valence-corrected chi connectivity index (χ4v) is 3.88. The van der Waals surface area contributed by atoms with Crippen LogP contribution in [0.5, 0.6) is 0 Å². The van der Waals surface area contributed by atoms with Crippen LogP contribution in [0.4, 0.5) is 4.39 Å². The van der Waals surface area contributed by atoms with E-state index in [4.69, 9.17) is 4.99 Å². The summed E-state index contributed by atoms with van der Waals surface area (Å²) in [5, 5.41) is 11.5. The molecule has 1 aliphatic heterocycles. The number of aliphatic imine (C=N–C) groups is 1. The Bertz CT molecular complexity index is 861. The van der Waals surface area contributed by atoms with Crippen LogP contribution in [0.2, 0.25) is 0 Å². The van der Waals surface area contributed by atoms with Crippen LogP contribution in [0.3, 0.4) is 0 Å². The lowest BCUT2D eigenvalue weighted by atomic mass is 9.96. The first-order chi connectivity index (χ1) is 13.6. The Morgan fingerprint density at radius 3 is 2.86 bits per heavy atom. The molecule has 0 amide bonds. The second-order valence-electron chi connectivity index (χ2n) is 7.85. The number of halogens is 2. The fraction of sp³-hybridized carbons (Fsp3) is 0.571. The third-order valence-corrected chi connectivity index (χ3v) is 5.73. The summed E-state index contributed by atoms with van der Waals surface area (Å²) in [6, 6.07) is 7.24. The van der Waals surface area contributed by atoms with Gasteiger partial charge in [0.1, 0.15) is 11.6 Å². The highest BCUT2D eigenvalue weighted by Crippen LogP contribution is 2.48. The molecule has 8 heteroatoms. The Morgan fingerprint density at radius 2 is 2.17 bits per heavy atom. The highest BCUT2D eigenvalue weighted by molar-refractivity contribution is 14.0. The molecule has 0 radical (unpaired) electrons. The molecule has 29 heavy (non-hydrogen) atoms. The molecule has 2 N–H and O–H groups in total. The molecule has 4 rings (SSSR count). The molecule has 1 saturated carbocycles. The minimum atomic E-state index is -0.171. The van der Waals surface area contributed by atoms with E-state index >= 15 is 0 Å². The summed E-state index contributed by atoms with van der Waals surface area (Å²) < 4.78 is 15.7. The molecule has 2 heterocycles. The Labute approximate surface area is 188 Å². The second kappa shape index (κ2) is 9.40. The molecule has 1 fully saturated rings. The molecule has 6 nitrogen and oxygen atoms in total. The minimum absolute atomic E-state index is 0. The number of hydrogen-bond acceptors (Lipinski definition) is 3. The molecule has 0 saturated heterocycles. The third kappa shape index (κ3) is 5.07. The number of aryl methyl sites for hydroxylation is 2. The van der Waals surface area contributed by atoms with Gasteiger partial charge in [-0.05, 0) is 43.9 Å². The highest BCUT2D eigenvalue weighted by Gasteiger charge is 2.44. The van der Waals surface area contributed by atoms with Crippen molar-refractivity contribution in [2.75, 3.05) is 13.1 Å². The van der Waals surface area contributed by atoms with Crippen LogP contribution in [0.1, 0.15) is 50.3 Å². The van der Waals surface area contributed by atoms with Gasteiger partial charge in [-0.3, -0.25) is 4.99 Å². The normalized spacial score (nSPS) is 19.8. The lowest BCUT2D eigenvalue weighted by Gasteiger charge is -2.25. The average molecular weight is 512 g/mol. The van der Waals surface area contributed by atoms with Crippen molar-refractivity contribution in [2.45, 2.75) is 64.0 Å². The minimum Gasteiger partial charge on any atom is -0.357 e. The number of aromatic nitrogens is 3. The molecular formula is C21H30FIN6. The van der Waals surface area contributed by atoms with Gasteiger partial charge in [0.2, 0.25) is 0 Å². The number of hydrogen-bond donors (Lipinski definition) is 2. The van der Waals surface area contributed by atoms with Crippen LogP contribution in [-0.2, 0) is 24.8 Å². The smallest absolute Gasteiger partial charge is 0.191 e. The monoisotopic (exact) mass is 512 g/mol. The van der Waals surface area contributed by atoms with Crippen LogP contribution < -0.4 is 10.6 Å². The van der Waals surface area contributed by atoms with Crippen molar-refractivity contribution < 1.29 is 4.39 Å². The van der Waals surface area contributed by atoms with Crippen molar-refractivity contribution in [2.24, 2.45) is 4.99 Å². The van der Waals surface area contributed by atoms with Crippen LogP contribution in [0, 0.1) is 5.82 Å². The molecule has 0 spiro atoms. The highest BCUT2D eigenvalue weighted by atomic mass is 127. The summed E-state index contributed by atoms with van der Waals surface area (Å²) in [5.41, 5.74) is 1.05. The van der Waals surface area contributed by atoms with Crippen molar-refractivity contribution in [3.63, 3.8) is 0 Å². The molecule has 158 valence electrons. The maximum absolute atomic E-state index is 13.6. The zero-order valence-electron chi connectivity index (χ0n) is 17.1. The first-order valence-corrected chi connectivity index (χ1v) is 10.4. The molecule has 2 aliphatic rings. The van der Waals surface area contributed by atoms with Gasteiger partial charge in [0.05, 0.1) is 13.1 Å². The summed E-state index contributed by atoms with van der Waals surface area (Å²) >= 11 is 0. The van der Waals surface area contributed by atoms with Gasteiger partial charge >= 0.3 is 0 Å². The van der Waals surface area contributed by atoms with E-state index in [1.54, 1.807) is 12.1 Å². The summed E-state index contributed by atoms with van der Waals surface area (Å²) in [7, 11) is 0. The SMILES string of the molecule is CCNC(=NCC1(c2cccc(F)c2)CC1)NC1CCc2nc(CC)nn2C1.I. The van der Waals surface area contributed by atoms with Crippen molar-refractivity contribution in [1.29, 1.82) is 0 Å². The van der Waals surface area contributed by atoms with Crippen molar-refractivity contribution in [1.82, 2.24) is 25.4 Å². The van der Waals surface area contributed by atoms with E-state index in [0.29, 0.717) is 6.54 Å². The zero-order chi connectivity index (χ0) is 19.6. The topological polar surface area (TPSA) is 67.1 Å². The number of fused-ring (bicyclic) bond motifs is 1. The average Bonchev–Trinajstić information content (AvgIpc) is 3.38. The van der Waals surface area contributed by atoms with Gasteiger partial charge in [0, 0.05) is 30.8 Å². The number of nitrogens with one attached hydrogen (secondary N) is 2. The van der Waals surface area contributed by atoms with Crippen LogP contribution >= 0.6 is 24.0 Å². The van der Waals surface area contributed by atoms with E-state index in [-0.39, 0.29) is 41.3 Å². The first kappa shape index (κ1) is 22.0. The van der Waals surface area contributed by atoms with Crippen LogP contribution in [-0.4, -0.2) is 39.9 Å². The Kier molecular flexibility index (Phi) is 7.13. The number of benzene rings is 1. The van der Waals surface area contributed by atoms with Crippen LogP contribution in [0.15, 0.2) is 29.3 Å². The second-order valence-corrected chi connectivity index (χ2v) is 7.85. The lowest BCUT2D eigenvalue weighted by molar-refractivity contribution is 0.392. The molecule has 1 unspecified atom stereocenters. The van der Waals surface area contributed by atoms with Crippen molar-refractivity contribution in [3.05, 3.63) is 47.3 Å².